The van der Waals surface area contributed by atoms with Crippen LogP contribution in [-0.4, -0.2) is 60.5 Å². The van der Waals surface area contributed by atoms with Gasteiger partial charge in [0.25, 0.3) is 5.91 Å². The third kappa shape index (κ3) is 5.70. The van der Waals surface area contributed by atoms with Crippen LogP contribution < -0.4 is 10.6 Å². The fourth-order valence-electron chi connectivity index (χ4n) is 3.53. The number of amides is 3. The smallest absolute Gasteiger partial charge is 0.319 e. The molecule has 3 amide bonds. The van der Waals surface area contributed by atoms with Crippen molar-refractivity contribution in [3.63, 3.8) is 0 Å². The number of carbonyl (C=O) groups is 2. The van der Waals surface area contributed by atoms with Crippen molar-refractivity contribution in [3.05, 3.63) is 71.8 Å². The molecule has 1 aliphatic heterocycles. The maximum absolute atomic E-state index is 12.9. The molecule has 156 valence electrons. The highest BCUT2D eigenvalue weighted by Gasteiger charge is 2.24. The molecule has 0 spiro atoms. The van der Waals surface area contributed by atoms with Crippen LogP contribution in [0.4, 0.5) is 10.5 Å². The van der Waals surface area contributed by atoms with Crippen molar-refractivity contribution in [2.24, 2.45) is 0 Å². The number of nitrogens with one attached hydrogen (secondary N) is 2. The molecule has 0 radical (unpaired) electrons. The number of nitrogens with zero attached hydrogens (tertiary/aromatic N) is 2. The van der Waals surface area contributed by atoms with Gasteiger partial charge in [-0.1, -0.05) is 48.6 Å². The first-order chi connectivity index (χ1) is 14.7. The van der Waals surface area contributed by atoms with Crippen LogP contribution >= 0.6 is 0 Å². The molecule has 2 aliphatic rings. The minimum absolute atomic E-state index is 0.0146. The quantitative estimate of drug-likeness (QED) is 0.775. The Morgan fingerprint density at radius 1 is 0.967 bits per heavy atom. The van der Waals surface area contributed by atoms with E-state index < -0.39 is 0 Å². The van der Waals surface area contributed by atoms with Crippen molar-refractivity contribution in [1.82, 2.24) is 15.1 Å². The first-order valence-corrected chi connectivity index (χ1v) is 10.6. The highest BCUT2D eigenvalue weighted by molar-refractivity contribution is 5.97. The summed E-state index contributed by atoms with van der Waals surface area (Å²) in [6, 6.07) is 17.5. The number of hydrogen-bond acceptors (Lipinski definition) is 3. The molecule has 0 bridgehead atoms. The first kappa shape index (κ1) is 20.2. The van der Waals surface area contributed by atoms with E-state index in [1.807, 2.05) is 29.2 Å². The molecular formula is C24H28N4O2. The lowest BCUT2D eigenvalue weighted by atomic mass is 10.1. The summed E-state index contributed by atoms with van der Waals surface area (Å²) in [5.41, 5.74) is 2.45. The molecule has 2 aromatic rings. The van der Waals surface area contributed by atoms with Crippen molar-refractivity contribution < 1.29 is 9.59 Å². The summed E-state index contributed by atoms with van der Waals surface area (Å²) in [6.07, 6.45) is 6.39. The normalized spacial score (nSPS) is 17.1. The topological polar surface area (TPSA) is 64.7 Å². The molecule has 2 fully saturated rings. The van der Waals surface area contributed by atoms with Crippen LogP contribution in [0.1, 0.15) is 28.8 Å². The van der Waals surface area contributed by atoms with Crippen molar-refractivity contribution in [1.29, 1.82) is 0 Å². The molecule has 1 saturated heterocycles. The van der Waals surface area contributed by atoms with E-state index >= 15 is 0 Å². The number of carbonyl (C=O) groups excluding carboxylic acids is 2. The SMILES string of the molecule is O=C(Nc1cccc(C(=O)N2CCN(CC=Cc3ccccc3)CC2)c1)NC1CC1. The number of urea groups is 1. The number of rotatable bonds is 6. The van der Waals surface area contributed by atoms with Gasteiger partial charge in [0.1, 0.15) is 0 Å². The minimum Gasteiger partial charge on any atom is -0.336 e. The Bertz CT molecular complexity index is 900. The molecular weight excluding hydrogens is 376 g/mol. The lowest BCUT2D eigenvalue weighted by Gasteiger charge is -2.34. The predicted molar refractivity (Wildman–Crippen MR) is 119 cm³/mol. The second kappa shape index (κ2) is 9.59. The molecule has 1 aliphatic carbocycles. The van der Waals surface area contributed by atoms with Crippen molar-refractivity contribution >= 4 is 23.7 Å². The van der Waals surface area contributed by atoms with Crippen molar-refractivity contribution in [3.8, 4) is 0 Å². The van der Waals surface area contributed by atoms with Crippen LogP contribution in [0, 0.1) is 0 Å². The van der Waals surface area contributed by atoms with Gasteiger partial charge in [0.05, 0.1) is 0 Å². The van der Waals surface area contributed by atoms with Crippen LogP contribution in [0.25, 0.3) is 6.08 Å². The molecule has 0 unspecified atom stereocenters. The van der Waals surface area contributed by atoms with Gasteiger partial charge >= 0.3 is 6.03 Å². The number of benzene rings is 2. The molecule has 1 heterocycles. The third-order valence-electron chi connectivity index (χ3n) is 5.41. The molecule has 2 N–H and O–H groups in total. The van der Waals surface area contributed by atoms with Crippen LogP contribution in [0.2, 0.25) is 0 Å². The highest BCUT2D eigenvalue weighted by Crippen LogP contribution is 2.19. The van der Waals surface area contributed by atoms with Gasteiger partial charge in [0.2, 0.25) is 0 Å². The molecule has 0 atom stereocenters. The largest absolute Gasteiger partial charge is 0.336 e. The van der Waals surface area contributed by atoms with Crippen LogP contribution in [-0.2, 0) is 0 Å². The highest BCUT2D eigenvalue weighted by atomic mass is 16.2. The van der Waals surface area contributed by atoms with Gasteiger partial charge in [-0.3, -0.25) is 9.69 Å². The van der Waals surface area contributed by atoms with E-state index in [0.29, 0.717) is 30.4 Å². The zero-order valence-corrected chi connectivity index (χ0v) is 17.1. The Morgan fingerprint density at radius 3 is 2.47 bits per heavy atom. The fraction of sp³-hybridized carbons (Fsp3) is 0.333. The Morgan fingerprint density at radius 2 is 1.73 bits per heavy atom. The minimum atomic E-state index is -0.209. The van der Waals surface area contributed by atoms with Gasteiger partial charge in [0, 0.05) is 50.0 Å². The molecule has 30 heavy (non-hydrogen) atoms. The second-order valence-corrected chi connectivity index (χ2v) is 7.86. The first-order valence-electron chi connectivity index (χ1n) is 10.6. The summed E-state index contributed by atoms with van der Waals surface area (Å²) in [6.45, 7) is 4.00. The number of hydrogen-bond donors (Lipinski definition) is 2. The second-order valence-electron chi connectivity index (χ2n) is 7.86. The number of anilines is 1. The summed E-state index contributed by atoms with van der Waals surface area (Å²) in [5.74, 6) is 0.0146. The summed E-state index contributed by atoms with van der Waals surface area (Å²) >= 11 is 0. The van der Waals surface area contributed by atoms with Crippen LogP contribution in [0.15, 0.2) is 60.7 Å². The van der Waals surface area contributed by atoms with Gasteiger partial charge in [-0.05, 0) is 36.6 Å². The third-order valence-corrected chi connectivity index (χ3v) is 5.41. The zero-order chi connectivity index (χ0) is 20.8. The van der Waals surface area contributed by atoms with E-state index in [0.717, 1.165) is 32.5 Å². The van der Waals surface area contributed by atoms with Gasteiger partial charge in [-0.25, -0.2) is 4.79 Å². The average Bonchev–Trinajstić information content (AvgIpc) is 3.58. The van der Waals surface area contributed by atoms with Crippen LogP contribution in [0.3, 0.4) is 0 Å². The Labute approximate surface area is 177 Å². The molecule has 4 rings (SSSR count). The standard InChI is InChI=1S/C24H28N4O2/c29-23(20-9-4-10-22(18-20)26-24(30)25-21-11-12-21)28-16-14-27(15-17-28)13-5-8-19-6-2-1-3-7-19/h1-10,18,21H,11-17H2,(H2,25,26,30). The summed E-state index contributed by atoms with van der Waals surface area (Å²) in [4.78, 5) is 29.1. The Balaban J connectivity index is 1.26. The Kier molecular flexibility index (Phi) is 6.44. The Hall–Kier alpha value is -3.12. The average molecular weight is 405 g/mol. The maximum Gasteiger partial charge on any atom is 0.319 e. The van der Waals surface area contributed by atoms with Crippen molar-refractivity contribution in [2.45, 2.75) is 18.9 Å². The maximum atomic E-state index is 12.9. The van der Waals surface area contributed by atoms with E-state index in [4.69, 9.17) is 0 Å². The predicted octanol–water partition coefficient (Wildman–Crippen LogP) is 3.44. The zero-order valence-electron chi connectivity index (χ0n) is 17.1. The lowest BCUT2D eigenvalue weighted by molar-refractivity contribution is 0.0650. The van der Waals surface area contributed by atoms with Crippen molar-refractivity contribution in [2.75, 3.05) is 38.0 Å². The van der Waals surface area contributed by atoms with E-state index in [1.54, 1.807) is 18.2 Å². The molecule has 6 heteroatoms. The lowest BCUT2D eigenvalue weighted by Crippen LogP contribution is -2.48. The molecule has 1 saturated carbocycles. The monoisotopic (exact) mass is 404 g/mol. The van der Waals surface area contributed by atoms with E-state index in [1.165, 1.54) is 5.56 Å². The van der Waals surface area contributed by atoms with Gasteiger partial charge in [0.15, 0.2) is 0 Å². The number of piperazine rings is 1. The molecule has 0 aromatic heterocycles. The van der Waals surface area contributed by atoms with Gasteiger partial charge in [-0.2, -0.15) is 0 Å². The molecule has 6 nitrogen and oxygen atoms in total. The van der Waals surface area contributed by atoms with E-state index in [9.17, 15) is 9.59 Å². The summed E-state index contributed by atoms with van der Waals surface area (Å²) < 4.78 is 0. The fourth-order valence-corrected chi connectivity index (χ4v) is 3.53. The van der Waals surface area contributed by atoms with Crippen LogP contribution in [0.5, 0.6) is 0 Å². The van der Waals surface area contributed by atoms with Gasteiger partial charge in [-0.15, -0.1) is 0 Å². The summed E-state index contributed by atoms with van der Waals surface area (Å²) in [7, 11) is 0. The van der Waals surface area contributed by atoms with E-state index in [2.05, 4.69) is 39.8 Å². The van der Waals surface area contributed by atoms with Gasteiger partial charge < -0.3 is 15.5 Å². The van der Waals surface area contributed by atoms with E-state index in [-0.39, 0.29) is 11.9 Å². The molecule has 2 aromatic carbocycles. The summed E-state index contributed by atoms with van der Waals surface area (Å²) in [5, 5.41) is 5.71.